The minimum absolute atomic E-state index is 0.332. The van der Waals surface area contributed by atoms with Gasteiger partial charge in [-0.15, -0.1) is 10.2 Å². The molecule has 0 saturated heterocycles. The molecule has 1 heterocycles. The molecule has 0 aliphatic carbocycles. The molecule has 0 spiro atoms. The Labute approximate surface area is 83.0 Å². The highest BCUT2D eigenvalue weighted by atomic mass is 35.5. The number of halogens is 2. The zero-order valence-electron chi connectivity index (χ0n) is 6.37. The SMILES string of the molecule is Fc1ccc(Cl)cc1-c1nncs1. The van der Waals surface area contributed by atoms with Crippen LogP contribution in [-0.2, 0) is 0 Å². The summed E-state index contributed by atoms with van der Waals surface area (Å²) in [4.78, 5) is 0. The van der Waals surface area contributed by atoms with Gasteiger partial charge < -0.3 is 0 Å². The third-order valence-corrected chi connectivity index (χ3v) is 2.48. The predicted octanol–water partition coefficient (Wildman–Crippen LogP) is 3.00. The van der Waals surface area contributed by atoms with Crippen LogP contribution < -0.4 is 0 Å². The first-order valence-corrected chi connectivity index (χ1v) is 4.75. The number of hydrogen-bond acceptors (Lipinski definition) is 3. The van der Waals surface area contributed by atoms with Crippen LogP contribution in [0.2, 0.25) is 5.02 Å². The van der Waals surface area contributed by atoms with E-state index in [0.29, 0.717) is 15.6 Å². The molecule has 0 aliphatic rings. The topological polar surface area (TPSA) is 25.8 Å². The molecule has 0 fully saturated rings. The van der Waals surface area contributed by atoms with Crippen LogP contribution in [0.25, 0.3) is 10.6 Å². The maximum Gasteiger partial charge on any atom is 0.150 e. The van der Waals surface area contributed by atoms with E-state index in [-0.39, 0.29) is 5.82 Å². The average Bonchev–Trinajstić information content (AvgIpc) is 2.61. The highest BCUT2D eigenvalue weighted by molar-refractivity contribution is 7.12. The normalized spacial score (nSPS) is 10.3. The van der Waals surface area contributed by atoms with Gasteiger partial charge in [0, 0.05) is 10.6 Å². The Kier molecular flexibility index (Phi) is 2.24. The molecule has 2 aromatic rings. The summed E-state index contributed by atoms with van der Waals surface area (Å²) in [6.07, 6.45) is 0. The van der Waals surface area contributed by atoms with Crippen molar-refractivity contribution in [2.24, 2.45) is 0 Å². The molecule has 0 bridgehead atoms. The van der Waals surface area contributed by atoms with Crippen molar-refractivity contribution in [2.45, 2.75) is 0 Å². The molecule has 0 aliphatic heterocycles. The van der Waals surface area contributed by atoms with Crippen LogP contribution in [0.15, 0.2) is 23.7 Å². The van der Waals surface area contributed by atoms with E-state index in [1.54, 1.807) is 5.51 Å². The summed E-state index contributed by atoms with van der Waals surface area (Å²) in [5.74, 6) is -0.332. The lowest BCUT2D eigenvalue weighted by molar-refractivity contribution is 0.631. The van der Waals surface area contributed by atoms with Crippen LogP contribution >= 0.6 is 22.9 Å². The van der Waals surface area contributed by atoms with Gasteiger partial charge in [0.1, 0.15) is 11.3 Å². The summed E-state index contributed by atoms with van der Waals surface area (Å²) >= 11 is 7.00. The second kappa shape index (κ2) is 3.40. The van der Waals surface area contributed by atoms with Gasteiger partial charge in [0.15, 0.2) is 5.01 Å². The number of benzene rings is 1. The summed E-state index contributed by atoms with van der Waals surface area (Å²) in [7, 11) is 0. The standard InChI is InChI=1S/C8H4ClFN2S/c9-5-1-2-7(10)6(3-5)8-12-11-4-13-8/h1-4H. The Balaban J connectivity index is 2.57. The van der Waals surface area contributed by atoms with Crippen LogP contribution in [0.4, 0.5) is 4.39 Å². The largest absolute Gasteiger partial charge is 0.206 e. The van der Waals surface area contributed by atoms with E-state index in [9.17, 15) is 4.39 Å². The number of rotatable bonds is 1. The van der Waals surface area contributed by atoms with Crippen molar-refractivity contribution in [3.63, 3.8) is 0 Å². The van der Waals surface area contributed by atoms with E-state index in [1.807, 2.05) is 0 Å². The molecule has 1 aromatic heterocycles. The fraction of sp³-hybridized carbons (Fsp3) is 0. The predicted molar refractivity (Wildman–Crippen MR) is 50.3 cm³/mol. The van der Waals surface area contributed by atoms with E-state index in [4.69, 9.17) is 11.6 Å². The monoisotopic (exact) mass is 214 g/mol. The van der Waals surface area contributed by atoms with Gasteiger partial charge in [-0.1, -0.05) is 22.9 Å². The van der Waals surface area contributed by atoms with Gasteiger partial charge in [0.2, 0.25) is 0 Å². The zero-order valence-corrected chi connectivity index (χ0v) is 7.94. The number of aromatic nitrogens is 2. The molecule has 13 heavy (non-hydrogen) atoms. The van der Waals surface area contributed by atoms with Gasteiger partial charge >= 0.3 is 0 Å². The van der Waals surface area contributed by atoms with Gasteiger partial charge in [-0.25, -0.2) is 4.39 Å². The van der Waals surface area contributed by atoms with Crippen LogP contribution in [-0.4, -0.2) is 10.2 Å². The minimum atomic E-state index is -0.332. The zero-order chi connectivity index (χ0) is 9.26. The quantitative estimate of drug-likeness (QED) is 0.729. The Morgan fingerprint density at radius 1 is 1.38 bits per heavy atom. The van der Waals surface area contributed by atoms with Crippen molar-refractivity contribution in [3.8, 4) is 10.6 Å². The van der Waals surface area contributed by atoms with Gasteiger partial charge in [-0.2, -0.15) is 0 Å². The van der Waals surface area contributed by atoms with Gasteiger partial charge in [0.05, 0.1) is 0 Å². The third-order valence-electron chi connectivity index (χ3n) is 1.52. The maximum atomic E-state index is 13.2. The summed E-state index contributed by atoms with van der Waals surface area (Å²) in [6, 6.07) is 4.36. The van der Waals surface area contributed by atoms with Gasteiger partial charge in [0.25, 0.3) is 0 Å². The molecule has 2 nitrogen and oxygen atoms in total. The molecule has 2 rings (SSSR count). The molecule has 5 heteroatoms. The van der Waals surface area contributed by atoms with E-state index in [0.717, 1.165) is 0 Å². The Hall–Kier alpha value is -1.00. The molecule has 0 amide bonds. The minimum Gasteiger partial charge on any atom is -0.206 e. The summed E-state index contributed by atoms with van der Waals surface area (Å²) < 4.78 is 13.2. The molecule has 0 radical (unpaired) electrons. The highest BCUT2D eigenvalue weighted by Crippen LogP contribution is 2.26. The Morgan fingerprint density at radius 2 is 2.23 bits per heavy atom. The van der Waals surface area contributed by atoms with E-state index in [2.05, 4.69) is 10.2 Å². The van der Waals surface area contributed by atoms with E-state index >= 15 is 0 Å². The van der Waals surface area contributed by atoms with Crippen molar-refractivity contribution < 1.29 is 4.39 Å². The Bertz CT molecular complexity index is 416. The molecule has 0 atom stereocenters. The van der Waals surface area contributed by atoms with Gasteiger partial charge in [-0.3, -0.25) is 0 Å². The average molecular weight is 215 g/mol. The molecular weight excluding hydrogens is 211 g/mol. The van der Waals surface area contributed by atoms with Gasteiger partial charge in [-0.05, 0) is 18.2 Å². The first kappa shape index (κ1) is 8.59. The van der Waals surface area contributed by atoms with Crippen LogP contribution in [0.3, 0.4) is 0 Å². The lowest BCUT2D eigenvalue weighted by Crippen LogP contribution is -1.83. The van der Waals surface area contributed by atoms with E-state index < -0.39 is 0 Å². The molecular formula is C8H4ClFN2S. The van der Waals surface area contributed by atoms with Crippen LogP contribution in [0.1, 0.15) is 0 Å². The molecule has 66 valence electrons. The van der Waals surface area contributed by atoms with Crippen molar-refractivity contribution in [1.29, 1.82) is 0 Å². The number of hydrogen-bond donors (Lipinski definition) is 0. The second-order valence-electron chi connectivity index (χ2n) is 2.37. The fourth-order valence-corrected chi connectivity index (χ4v) is 1.70. The van der Waals surface area contributed by atoms with Crippen molar-refractivity contribution >= 4 is 22.9 Å². The Morgan fingerprint density at radius 3 is 2.92 bits per heavy atom. The molecule has 0 N–H and O–H groups in total. The second-order valence-corrected chi connectivity index (χ2v) is 3.64. The summed E-state index contributed by atoms with van der Waals surface area (Å²) in [6.45, 7) is 0. The fourth-order valence-electron chi connectivity index (χ4n) is 0.952. The first-order chi connectivity index (χ1) is 6.27. The number of nitrogens with zero attached hydrogens (tertiary/aromatic N) is 2. The van der Waals surface area contributed by atoms with Crippen molar-refractivity contribution in [3.05, 3.63) is 34.5 Å². The third kappa shape index (κ3) is 1.68. The first-order valence-electron chi connectivity index (χ1n) is 3.49. The van der Waals surface area contributed by atoms with Crippen LogP contribution in [0, 0.1) is 5.82 Å². The molecule has 0 unspecified atom stereocenters. The maximum absolute atomic E-state index is 13.2. The molecule has 0 saturated carbocycles. The van der Waals surface area contributed by atoms with Crippen LogP contribution in [0.5, 0.6) is 0 Å². The lowest BCUT2D eigenvalue weighted by Gasteiger charge is -1.97. The highest BCUT2D eigenvalue weighted by Gasteiger charge is 2.08. The summed E-state index contributed by atoms with van der Waals surface area (Å²) in [5.41, 5.74) is 1.95. The van der Waals surface area contributed by atoms with Crippen molar-refractivity contribution in [2.75, 3.05) is 0 Å². The smallest absolute Gasteiger partial charge is 0.150 e. The lowest BCUT2D eigenvalue weighted by atomic mass is 10.2. The van der Waals surface area contributed by atoms with Crippen molar-refractivity contribution in [1.82, 2.24) is 10.2 Å². The summed E-state index contributed by atoms with van der Waals surface area (Å²) in [5, 5.41) is 8.42. The van der Waals surface area contributed by atoms with E-state index in [1.165, 1.54) is 29.5 Å². The molecule has 1 aromatic carbocycles.